The van der Waals surface area contributed by atoms with Gasteiger partial charge in [0.1, 0.15) is 11.4 Å². The number of amides is 1. The lowest BCUT2D eigenvalue weighted by Crippen LogP contribution is -2.30. The van der Waals surface area contributed by atoms with Crippen LogP contribution < -0.4 is 10.1 Å². The lowest BCUT2D eigenvalue weighted by Gasteiger charge is -2.20. The molecule has 3 aromatic rings. The summed E-state index contributed by atoms with van der Waals surface area (Å²) in [6, 6.07) is 17.3. The molecule has 0 aliphatic heterocycles. The molecule has 1 amide bonds. The van der Waals surface area contributed by atoms with Crippen molar-refractivity contribution in [2.45, 2.75) is 19.9 Å². The molecule has 1 aromatic heterocycles. The predicted molar refractivity (Wildman–Crippen MR) is 100 cm³/mol. The van der Waals surface area contributed by atoms with E-state index < -0.39 is 0 Å². The van der Waals surface area contributed by atoms with E-state index in [9.17, 15) is 4.79 Å². The summed E-state index contributed by atoms with van der Waals surface area (Å²) >= 11 is 0. The van der Waals surface area contributed by atoms with Crippen molar-refractivity contribution in [1.29, 1.82) is 0 Å². The first-order chi connectivity index (χ1) is 12.7. The molecule has 2 aromatic carbocycles. The van der Waals surface area contributed by atoms with E-state index >= 15 is 0 Å². The minimum Gasteiger partial charge on any atom is -0.494 e. The number of nitrogens with one attached hydrogen (secondary N) is 1. The molecule has 0 aliphatic rings. The van der Waals surface area contributed by atoms with Crippen molar-refractivity contribution in [2.75, 3.05) is 6.61 Å². The molecule has 132 valence electrons. The van der Waals surface area contributed by atoms with Crippen molar-refractivity contribution in [3.63, 3.8) is 0 Å². The largest absolute Gasteiger partial charge is 0.494 e. The molecule has 0 saturated carbocycles. The Morgan fingerprint density at radius 3 is 2.31 bits per heavy atom. The number of benzene rings is 2. The zero-order valence-corrected chi connectivity index (χ0v) is 14.8. The van der Waals surface area contributed by atoms with Crippen LogP contribution in [0, 0.1) is 6.92 Å². The van der Waals surface area contributed by atoms with Crippen molar-refractivity contribution in [2.24, 2.45) is 0 Å². The number of aryl methyl sites for hydroxylation is 1. The molecule has 0 fully saturated rings. The quantitative estimate of drug-likeness (QED) is 0.738. The van der Waals surface area contributed by atoms with Gasteiger partial charge in [0.15, 0.2) is 0 Å². The van der Waals surface area contributed by atoms with E-state index in [1.54, 1.807) is 6.20 Å². The predicted octanol–water partition coefficient (Wildman–Crippen LogP) is 3.70. The van der Waals surface area contributed by atoms with Crippen molar-refractivity contribution in [3.05, 3.63) is 89.5 Å². The number of ether oxygens (including phenoxy) is 1. The van der Waals surface area contributed by atoms with Gasteiger partial charge in [-0.15, -0.1) is 0 Å². The highest BCUT2D eigenvalue weighted by Crippen LogP contribution is 2.24. The fraction of sp³-hybridized carbons (Fsp3) is 0.190. The molecule has 26 heavy (non-hydrogen) atoms. The number of carbonyl (C=O) groups is 1. The SMILES string of the molecule is CCOc1ccc([C@@H](NC(=O)c2cnc(C)cn2)c2ccccc2)cc1. The first kappa shape index (κ1) is 17.6. The van der Waals surface area contributed by atoms with Gasteiger partial charge in [0, 0.05) is 6.20 Å². The fourth-order valence-electron chi connectivity index (χ4n) is 2.64. The second-order valence-electron chi connectivity index (χ2n) is 5.86. The van der Waals surface area contributed by atoms with Crippen LogP contribution in [0.5, 0.6) is 5.75 Å². The first-order valence-electron chi connectivity index (χ1n) is 8.54. The van der Waals surface area contributed by atoms with E-state index in [1.807, 2.05) is 68.4 Å². The number of hydrogen-bond acceptors (Lipinski definition) is 4. The van der Waals surface area contributed by atoms with Gasteiger partial charge in [0.2, 0.25) is 0 Å². The standard InChI is InChI=1S/C21H21N3O2/c1-3-26-18-11-9-17(10-12-18)20(16-7-5-4-6-8-16)24-21(25)19-14-22-15(2)13-23-19/h4-14,20H,3H2,1-2H3,(H,24,25)/t20-/m0/s1. The van der Waals surface area contributed by atoms with Gasteiger partial charge in [0.05, 0.1) is 24.5 Å². The number of carbonyl (C=O) groups excluding carboxylic acids is 1. The molecule has 1 atom stereocenters. The molecular weight excluding hydrogens is 326 g/mol. The second kappa shape index (κ2) is 8.25. The summed E-state index contributed by atoms with van der Waals surface area (Å²) < 4.78 is 5.50. The van der Waals surface area contributed by atoms with Gasteiger partial charge in [-0.2, -0.15) is 0 Å². The Morgan fingerprint density at radius 2 is 1.69 bits per heavy atom. The average Bonchev–Trinajstić information content (AvgIpc) is 2.68. The van der Waals surface area contributed by atoms with Crippen LogP contribution in [0.3, 0.4) is 0 Å². The average molecular weight is 347 g/mol. The normalized spacial score (nSPS) is 11.6. The summed E-state index contributed by atoms with van der Waals surface area (Å²) in [5.74, 6) is 0.541. The van der Waals surface area contributed by atoms with Crippen molar-refractivity contribution in [1.82, 2.24) is 15.3 Å². The second-order valence-corrected chi connectivity index (χ2v) is 5.86. The zero-order valence-electron chi connectivity index (χ0n) is 14.8. The van der Waals surface area contributed by atoms with Crippen LogP contribution in [0.2, 0.25) is 0 Å². The van der Waals surface area contributed by atoms with Gasteiger partial charge in [-0.05, 0) is 37.1 Å². The maximum atomic E-state index is 12.6. The highest BCUT2D eigenvalue weighted by atomic mass is 16.5. The number of hydrogen-bond donors (Lipinski definition) is 1. The number of nitrogens with zero attached hydrogens (tertiary/aromatic N) is 2. The molecular formula is C21H21N3O2. The van der Waals surface area contributed by atoms with Crippen LogP contribution >= 0.6 is 0 Å². The third kappa shape index (κ3) is 4.25. The number of aromatic nitrogens is 2. The van der Waals surface area contributed by atoms with Crippen LogP contribution in [0.4, 0.5) is 0 Å². The molecule has 0 spiro atoms. The molecule has 0 radical (unpaired) electrons. The maximum Gasteiger partial charge on any atom is 0.272 e. The van der Waals surface area contributed by atoms with Gasteiger partial charge >= 0.3 is 0 Å². The van der Waals surface area contributed by atoms with Gasteiger partial charge in [-0.25, -0.2) is 4.98 Å². The summed E-state index contributed by atoms with van der Waals surface area (Å²) in [4.78, 5) is 21.0. The molecule has 1 N–H and O–H groups in total. The summed E-state index contributed by atoms with van der Waals surface area (Å²) in [6.07, 6.45) is 3.08. The molecule has 0 unspecified atom stereocenters. The van der Waals surface area contributed by atoms with E-state index in [0.29, 0.717) is 12.3 Å². The Morgan fingerprint density at radius 1 is 1.00 bits per heavy atom. The van der Waals surface area contributed by atoms with Crippen LogP contribution in [-0.2, 0) is 0 Å². The summed E-state index contributed by atoms with van der Waals surface area (Å²) in [7, 11) is 0. The molecule has 0 bridgehead atoms. The fourth-order valence-corrected chi connectivity index (χ4v) is 2.64. The molecule has 0 saturated heterocycles. The van der Waals surface area contributed by atoms with Crippen LogP contribution in [0.25, 0.3) is 0 Å². The van der Waals surface area contributed by atoms with Crippen LogP contribution in [0.15, 0.2) is 67.0 Å². The third-order valence-corrected chi connectivity index (χ3v) is 3.95. The smallest absolute Gasteiger partial charge is 0.272 e. The van der Waals surface area contributed by atoms with E-state index in [-0.39, 0.29) is 11.9 Å². The molecule has 3 rings (SSSR count). The minimum absolute atomic E-state index is 0.264. The Bertz CT molecular complexity index is 847. The van der Waals surface area contributed by atoms with Gasteiger partial charge in [-0.1, -0.05) is 42.5 Å². The van der Waals surface area contributed by atoms with Crippen molar-refractivity contribution >= 4 is 5.91 Å². The first-order valence-corrected chi connectivity index (χ1v) is 8.54. The minimum atomic E-state index is -0.289. The van der Waals surface area contributed by atoms with Crippen molar-refractivity contribution < 1.29 is 9.53 Å². The lowest BCUT2D eigenvalue weighted by atomic mass is 9.98. The third-order valence-electron chi connectivity index (χ3n) is 3.95. The van der Waals surface area contributed by atoms with E-state index in [1.165, 1.54) is 6.20 Å². The highest BCUT2D eigenvalue weighted by Gasteiger charge is 2.18. The lowest BCUT2D eigenvalue weighted by molar-refractivity contribution is 0.0937. The summed E-state index contributed by atoms with van der Waals surface area (Å²) in [5.41, 5.74) is 3.02. The topological polar surface area (TPSA) is 64.1 Å². The van der Waals surface area contributed by atoms with Crippen molar-refractivity contribution in [3.8, 4) is 5.75 Å². The van der Waals surface area contributed by atoms with E-state index in [2.05, 4.69) is 15.3 Å². The van der Waals surface area contributed by atoms with Gasteiger partial charge < -0.3 is 10.1 Å². The Labute approximate surface area is 153 Å². The summed E-state index contributed by atoms with van der Waals surface area (Å²) in [5, 5.41) is 3.05. The van der Waals surface area contributed by atoms with Gasteiger partial charge in [-0.3, -0.25) is 9.78 Å². The highest BCUT2D eigenvalue weighted by molar-refractivity contribution is 5.92. The molecule has 5 nitrogen and oxygen atoms in total. The Balaban J connectivity index is 1.88. The van der Waals surface area contributed by atoms with Crippen LogP contribution in [-0.4, -0.2) is 22.5 Å². The molecule has 1 heterocycles. The Kier molecular flexibility index (Phi) is 5.59. The zero-order chi connectivity index (χ0) is 18.4. The van der Waals surface area contributed by atoms with Crippen LogP contribution in [0.1, 0.15) is 40.3 Å². The number of rotatable bonds is 6. The summed E-state index contributed by atoms with van der Waals surface area (Å²) in [6.45, 7) is 4.40. The van der Waals surface area contributed by atoms with E-state index in [4.69, 9.17) is 4.74 Å². The van der Waals surface area contributed by atoms with Gasteiger partial charge in [0.25, 0.3) is 5.91 Å². The molecule has 0 aliphatic carbocycles. The maximum absolute atomic E-state index is 12.6. The Hall–Kier alpha value is -3.21. The monoisotopic (exact) mass is 347 g/mol. The van der Waals surface area contributed by atoms with E-state index in [0.717, 1.165) is 22.6 Å². The molecule has 5 heteroatoms.